The molecular formula is C87H121N15O17S3. The minimum atomic E-state index is -4.44. The molecule has 8 rings (SSSR count). The van der Waals surface area contributed by atoms with Crippen molar-refractivity contribution in [2.75, 3.05) is 31.7 Å². The third kappa shape index (κ3) is 25.1. The molecule has 0 fully saturated rings. The molecule has 0 saturated heterocycles. The fourth-order valence-electron chi connectivity index (χ4n) is 15.0. The van der Waals surface area contributed by atoms with Crippen molar-refractivity contribution in [2.45, 2.75) is 262 Å². The summed E-state index contributed by atoms with van der Waals surface area (Å²) in [6.45, 7) is 28.2. The number of nitrogens with two attached hydrogens (primary N) is 1. The number of esters is 1. The maximum absolute atomic E-state index is 15.6. The quantitative estimate of drug-likeness (QED) is 0.00599. The van der Waals surface area contributed by atoms with Crippen LogP contribution in [0.3, 0.4) is 0 Å². The summed E-state index contributed by atoms with van der Waals surface area (Å²) >= 11 is 1.31. The second-order valence-electron chi connectivity index (χ2n) is 34.3. The maximum atomic E-state index is 15.6. The predicted octanol–water partition coefficient (Wildman–Crippen LogP) is 7.14. The van der Waals surface area contributed by atoms with Gasteiger partial charge in [0.05, 0.1) is 40.1 Å². The summed E-state index contributed by atoms with van der Waals surface area (Å²) in [5, 5.41) is 49.5. The van der Waals surface area contributed by atoms with E-state index >= 15 is 19.2 Å². The van der Waals surface area contributed by atoms with Gasteiger partial charge in [-0.1, -0.05) is 91.0 Å². The van der Waals surface area contributed by atoms with Crippen molar-refractivity contribution in [3.05, 3.63) is 170 Å². The van der Waals surface area contributed by atoms with Gasteiger partial charge in [0.1, 0.15) is 64.1 Å². The molecule has 7 atom stereocenters. The van der Waals surface area contributed by atoms with Gasteiger partial charge in [0.25, 0.3) is 20.0 Å². The molecule has 32 nitrogen and oxygen atoms in total. The van der Waals surface area contributed by atoms with Gasteiger partial charge >= 0.3 is 11.9 Å². The Morgan fingerprint density at radius 1 is 0.549 bits per heavy atom. The van der Waals surface area contributed by atoms with Crippen LogP contribution in [0.5, 0.6) is 11.5 Å². The fraction of sp³-hybridized carbons (Fsp3) is 0.506. The molecule has 6 amide bonds. The van der Waals surface area contributed by atoms with Crippen LogP contribution in [0.1, 0.15) is 188 Å². The van der Waals surface area contributed by atoms with Crippen molar-refractivity contribution in [3.8, 4) is 11.5 Å². The highest BCUT2D eigenvalue weighted by Crippen LogP contribution is 2.46. The van der Waals surface area contributed by atoms with Crippen molar-refractivity contribution in [3.63, 3.8) is 0 Å². The molecule has 5 aromatic carbocycles. The fourth-order valence-corrected chi connectivity index (χ4v) is 18.5. The van der Waals surface area contributed by atoms with E-state index in [1.54, 1.807) is 102 Å². The van der Waals surface area contributed by atoms with E-state index in [2.05, 4.69) is 52.0 Å². The molecule has 3 heterocycles. The number of carbonyl (C=O) groups excluding carboxylic acids is 7. The third-order valence-corrected chi connectivity index (χ3v) is 25.0. The second kappa shape index (κ2) is 40.6. The molecule has 35 heteroatoms. The lowest BCUT2D eigenvalue weighted by atomic mass is 9.77. The molecule has 6 aromatic rings. The van der Waals surface area contributed by atoms with Crippen LogP contribution in [0.4, 0.5) is 0 Å². The highest BCUT2D eigenvalue weighted by Gasteiger charge is 2.43. The number of carbonyl (C=O) groups is 8. The normalized spacial score (nSPS) is 15.3. The largest absolute Gasteiger partial charge is 0.487 e. The highest BCUT2D eigenvalue weighted by molar-refractivity contribution is 7.98. The van der Waals surface area contributed by atoms with Gasteiger partial charge in [-0.2, -0.15) is 11.8 Å². The summed E-state index contributed by atoms with van der Waals surface area (Å²) in [5.74, 6) is -7.91. The smallest absolute Gasteiger partial charge is 0.328 e. The predicted molar refractivity (Wildman–Crippen MR) is 466 cm³/mol. The van der Waals surface area contributed by atoms with E-state index in [0.717, 1.165) is 22.3 Å². The first kappa shape index (κ1) is 96.8. The molecule has 2 aliphatic rings. The number of nitrogens with one attached hydrogen (secondary N) is 12. The number of benzene rings is 5. The molecule has 664 valence electrons. The van der Waals surface area contributed by atoms with Crippen molar-refractivity contribution in [1.29, 1.82) is 10.8 Å². The first-order valence-electron chi connectivity index (χ1n) is 40.7. The summed E-state index contributed by atoms with van der Waals surface area (Å²) in [6.07, 6.45) is 3.59. The monoisotopic (exact) mass is 1740 g/mol. The third-order valence-electron chi connectivity index (χ3n) is 21.1. The zero-order valence-corrected chi connectivity index (χ0v) is 75.4. The molecular weight excluding hydrogens is 1620 g/mol. The summed E-state index contributed by atoms with van der Waals surface area (Å²) in [5.41, 5.74) is 9.25. The van der Waals surface area contributed by atoms with Crippen LogP contribution in [0.2, 0.25) is 0 Å². The number of thioether (sulfide) groups is 1. The Hall–Kier alpha value is -10.6. The molecule has 122 heavy (non-hydrogen) atoms. The lowest BCUT2D eigenvalue weighted by molar-refractivity contribution is -0.155. The van der Waals surface area contributed by atoms with Gasteiger partial charge in [-0.15, -0.1) is 0 Å². The number of rotatable bonds is 39. The van der Waals surface area contributed by atoms with E-state index in [-0.39, 0.29) is 67.2 Å². The number of aromatic nitrogens is 2. The molecule has 0 bridgehead atoms. The second-order valence-corrected chi connectivity index (χ2v) is 38.5. The minimum absolute atomic E-state index is 0.0328. The number of hydrogen-bond acceptors (Lipinski definition) is 21. The van der Waals surface area contributed by atoms with E-state index < -0.39 is 169 Å². The van der Waals surface area contributed by atoms with Crippen LogP contribution in [-0.2, 0) is 92.7 Å². The van der Waals surface area contributed by atoms with E-state index in [4.69, 9.17) is 40.5 Å². The van der Waals surface area contributed by atoms with E-state index in [9.17, 15) is 41.1 Å². The summed E-state index contributed by atoms with van der Waals surface area (Å²) < 4.78 is 87.6. The molecule has 0 aliphatic carbocycles. The highest BCUT2D eigenvalue weighted by atomic mass is 32.2. The van der Waals surface area contributed by atoms with Gasteiger partial charge in [0.2, 0.25) is 47.4 Å². The number of amides is 6. The van der Waals surface area contributed by atoms with Crippen LogP contribution in [-0.4, -0.2) is 187 Å². The van der Waals surface area contributed by atoms with Gasteiger partial charge in [0.15, 0.2) is 6.04 Å². The molecule has 0 unspecified atom stereocenters. The number of sulfonamides is 2. The van der Waals surface area contributed by atoms with E-state index in [1.807, 2.05) is 123 Å². The first-order valence-corrected chi connectivity index (χ1v) is 45.0. The summed E-state index contributed by atoms with van der Waals surface area (Å²) in [7, 11) is -8.88. The average molecular weight is 1750 g/mol. The average Bonchev–Trinajstić information content (AvgIpc) is 0.919. The molecule has 0 saturated carbocycles. The number of carboxylic acid groups (broad SMARTS) is 1. The molecule has 0 radical (unpaired) electrons. The Balaban J connectivity index is 1.14. The Bertz CT molecular complexity index is 4970. The number of imidazole rings is 1. The number of carboxylic acids is 1. The lowest BCUT2D eigenvalue weighted by Gasteiger charge is -2.37. The number of aliphatic carboxylic acids is 1. The molecule has 0 spiro atoms. The standard InChI is InChI=1S/C87H121N15O17S3/c1-50-52(3)72(54(5)61-45-85(14,15)118-70(50)61)121(112,113)100-81(89)91-41-28-36-63(76(106)97-66(40-43-120-18)78(108)99-68(80(110)111)48-116-83(8,9)10)94-77(107)65(38-39-69(103)117-84(11,12)13)96-75(105)64(37-29-42-92-82(90)101-122(114,115)73-53(4)51(2)71-62(55(73)6)46-86(16,17)119-71)95-79(109)67(98-74(104)56(7)88)44-60-47-102(49-93-60)87(57-30-22-19-23-31-57,58-32-24-20-25-33-58)59-34-26-21-27-35-59/h19-27,30-35,47,49,56,63-68H,28-29,36-46,48,88H2,1-18H3,(H,94,107)(H,95,109)(H,96,105)(H,97,106)(H,98,104)(H,99,108)(H,110,111)(H3,89,91,100)(H3,90,92,101)/t56-,63-,64-,65-,66-,67-,68-/m0/s1. The number of guanidine groups is 2. The van der Waals surface area contributed by atoms with Crippen molar-refractivity contribution < 1.29 is 79.2 Å². The summed E-state index contributed by atoms with van der Waals surface area (Å²) in [6, 6.07) is 18.2. The van der Waals surface area contributed by atoms with Gasteiger partial charge < -0.3 is 76.9 Å². The number of nitrogens with zero attached hydrogens (tertiary/aromatic N) is 2. The zero-order chi connectivity index (χ0) is 90.4. The molecule has 1 aromatic heterocycles. The van der Waals surface area contributed by atoms with Crippen molar-refractivity contribution >= 4 is 91.1 Å². The topological polar surface area (TPSA) is 474 Å². The molecule has 15 N–H and O–H groups in total. The number of hydrogen-bond donors (Lipinski definition) is 14. The van der Waals surface area contributed by atoms with Crippen LogP contribution in [0.15, 0.2) is 113 Å². The summed E-state index contributed by atoms with van der Waals surface area (Å²) in [4.78, 5) is 121. The van der Waals surface area contributed by atoms with Crippen LogP contribution in [0, 0.1) is 52.4 Å². The first-order chi connectivity index (χ1) is 57.0. The van der Waals surface area contributed by atoms with Crippen molar-refractivity contribution in [1.82, 2.24) is 61.5 Å². The maximum Gasteiger partial charge on any atom is 0.328 e. The lowest BCUT2D eigenvalue weighted by Crippen LogP contribution is -2.60. The van der Waals surface area contributed by atoms with Gasteiger partial charge in [-0.05, 0) is 218 Å². The Kier molecular flexibility index (Phi) is 32.2. The SMILES string of the molecule is CSCC[C@H](NC(=O)[C@H](CCCNC(=N)NS(=O)(=O)c1c(C)c(C)c2c(c1C)CC(C)(C)O2)NC(=O)[C@H](CCC(=O)OC(C)(C)C)NC(=O)[C@H](CCCNC(=N)NS(=O)(=O)c1c(C)c(C)c2c(c1C)CC(C)(C)O2)NC(=O)[C@H](Cc1cn(C(c2ccccc2)(c2ccccc2)c2ccccc2)cn1)NC(=O)[C@H](C)N)C(=O)N[C@@H](COC(C)(C)C)C(=O)O. The number of ether oxygens (including phenoxy) is 4. The van der Waals surface area contributed by atoms with Gasteiger partial charge in [-0.25, -0.2) is 36.1 Å². The Labute approximate surface area is 719 Å². The van der Waals surface area contributed by atoms with E-state index in [1.165, 1.54) is 18.7 Å². The molecule has 2 aliphatic heterocycles. The zero-order valence-electron chi connectivity index (χ0n) is 72.9. The van der Waals surface area contributed by atoms with Gasteiger partial charge in [-0.3, -0.25) is 44.4 Å². The Morgan fingerprint density at radius 3 is 1.30 bits per heavy atom. The van der Waals surface area contributed by atoms with Crippen molar-refractivity contribution in [2.24, 2.45) is 5.73 Å². The number of fused-ring (bicyclic) bond motifs is 2. The Morgan fingerprint density at radius 2 is 0.926 bits per heavy atom. The van der Waals surface area contributed by atoms with Gasteiger partial charge in [0, 0.05) is 56.1 Å². The van der Waals surface area contributed by atoms with Crippen LogP contribution in [0.25, 0.3) is 0 Å². The van der Waals surface area contributed by atoms with E-state index in [0.29, 0.717) is 69.0 Å². The van der Waals surface area contributed by atoms with Crippen LogP contribution >= 0.6 is 11.8 Å². The van der Waals surface area contributed by atoms with Crippen LogP contribution < -0.4 is 67.2 Å². The minimum Gasteiger partial charge on any atom is -0.487 e.